The Morgan fingerprint density at radius 3 is 1.64 bits per heavy atom. The first-order valence-corrected chi connectivity index (χ1v) is 5.02. The molecule has 0 aliphatic carbocycles. The van der Waals surface area contributed by atoms with Crippen molar-refractivity contribution in [3.8, 4) is 0 Å². The molecule has 0 atom stereocenters. The second-order valence-electron chi connectivity index (χ2n) is 3.20. The van der Waals surface area contributed by atoms with E-state index in [1.807, 2.05) is 0 Å². The van der Waals surface area contributed by atoms with Crippen LogP contribution in [0.4, 0.5) is 0 Å². The van der Waals surface area contributed by atoms with Crippen molar-refractivity contribution in [2.75, 3.05) is 6.61 Å². The highest BCUT2D eigenvalue weighted by Gasteiger charge is 1.89. The summed E-state index contributed by atoms with van der Waals surface area (Å²) in [5.41, 5.74) is 0. The summed E-state index contributed by atoms with van der Waals surface area (Å²) >= 11 is 0. The Morgan fingerprint density at radius 1 is 0.727 bits per heavy atom. The van der Waals surface area contributed by atoms with Crippen molar-refractivity contribution in [3.63, 3.8) is 0 Å². The van der Waals surface area contributed by atoms with Crippen LogP contribution >= 0.6 is 0 Å². The molecule has 0 radical (unpaired) electrons. The van der Waals surface area contributed by atoms with E-state index in [0.717, 1.165) is 6.42 Å². The van der Waals surface area contributed by atoms with E-state index < -0.39 is 0 Å². The van der Waals surface area contributed by atoms with E-state index in [9.17, 15) is 0 Å². The smallest absolute Gasteiger partial charge is 0.101 e. The first kappa shape index (κ1) is 11.0. The van der Waals surface area contributed by atoms with Crippen molar-refractivity contribution >= 4 is 7.85 Å². The van der Waals surface area contributed by atoms with E-state index in [4.69, 9.17) is 5.11 Å². The fourth-order valence-corrected chi connectivity index (χ4v) is 1.25. The highest BCUT2D eigenvalue weighted by molar-refractivity contribution is 6.08. The lowest BCUT2D eigenvalue weighted by Crippen LogP contribution is -1.83. The SMILES string of the molecule is BCCCCCCCCCO. The Bertz CT molecular complexity index is 58.6. The summed E-state index contributed by atoms with van der Waals surface area (Å²) in [7, 11) is 2.24. The summed E-state index contributed by atoms with van der Waals surface area (Å²) in [5.74, 6) is 0. The van der Waals surface area contributed by atoms with Crippen molar-refractivity contribution in [1.29, 1.82) is 0 Å². The number of aliphatic hydroxyl groups excluding tert-OH is 1. The van der Waals surface area contributed by atoms with Crippen LogP contribution in [0.5, 0.6) is 0 Å². The predicted octanol–water partition coefficient (Wildman–Crippen LogP) is 1.76. The third-order valence-electron chi connectivity index (χ3n) is 2.01. The number of rotatable bonds is 8. The molecule has 0 aliphatic rings. The lowest BCUT2D eigenvalue weighted by molar-refractivity contribution is 0.282. The zero-order valence-corrected chi connectivity index (χ0v) is 7.81. The average molecular weight is 156 g/mol. The van der Waals surface area contributed by atoms with Gasteiger partial charge < -0.3 is 5.11 Å². The Kier molecular flexibility index (Phi) is 10.0. The first-order chi connectivity index (χ1) is 5.41. The number of aliphatic hydroxyl groups is 1. The minimum Gasteiger partial charge on any atom is -0.396 e. The molecule has 0 aliphatic heterocycles. The van der Waals surface area contributed by atoms with E-state index in [-0.39, 0.29) is 0 Å². The topological polar surface area (TPSA) is 20.2 Å². The van der Waals surface area contributed by atoms with Gasteiger partial charge in [0.2, 0.25) is 0 Å². The van der Waals surface area contributed by atoms with Gasteiger partial charge in [-0.3, -0.25) is 0 Å². The van der Waals surface area contributed by atoms with Gasteiger partial charge in [0.1, 0.15) is 7.85 Å². The lowest BCUT2D eigenvalue weighted by Gasteiger charge is -1.98. The van der Waals surface area contributed by atoms with Crippen LogP contribution in [0.15, 0.2) is 0 Å². The molecule has 0 rings (SSSR count). The molecule has 1 N–H and O–H groups in total. The van der Waals surface area contributed by atoms with Gasteiger partial charge in [-0.1, -0.05) is 44.8 Å². The quantitative estimate of drug-likeness (QED) is 0.419. The summed E-state index contributed by atoms with van der Waals surface area (Å²) in [6.45, 7) is 0.370. The Labute approximate surface area is 71.6 Å². The van der Waals surface area contributed by atoms with Crippen molar-refractivity contribution in [3.05, 3.63) is 0 Å². The van der Waals surface area contributed by atoms with Gasteiger partial charge in [0.05, 0.1) is 0 Å². The fourth-order valence-electron chi connectivity index (χ4n) is 1.25. The van der Waals surface area contributed by atoms with Gasteiger partial charge >= 0.3 is 0 Å². The Hall–Kier alpha value is 0.0249. The lowest BCUT2D eigenvalue weighted by atomic mass is 9.98. The number of hydrogen-bond acceptors (Lipinski definition) is 1. The maximum absolute atomic E-state index is 8.51. The highest BCUT2D eigenvalue weighted by Crippen LogP contribution is 2.07. The van der Waals surface area contributed by atoms with Crippen LogP contribution < -0.4 is 0 Å². The molecule has 0 amide bonds. The first-order valence-electron chi connectivity index (χ1n) is 5.02. The standard InChI is InChI=1S/C9H21BO/c10-8-6-4-2-1-3-5-7-9-11/h11H,1-10H2. The van der Waals surface area contributed by atoms with E-state index in [2.05, 4.69) is 7.85 Å². The van der Waals surface area contributed by atoms with Crippen LogP contribution in [0.1, 0.15) is 44.9 Å². The monoisotopic (exact) mass is 156 g/mol. The molecule has 0 saturated heterocycles. The highest BCUT2D eigenvalue weighted by atomic mass is 16.2. The second kappa shape index (κ2) is 10.0. The van der Waals surface area contributed by atoms with Gasteiger partial charge in [-0.25, -0.2) is 0 Å². The van der Waals surface area contributed by atoms with Crippen LogP contribution in [0.3, 0.4) is 0 Å². The fraction of sp³-hybridized carbons (Fsp3) is 1.00. The molecule has 0 aromatic rings. The van der Waals surface area contributed by atoms with Gasteiger partial charge in [-0.05, 0) is 6.42 Å². The summed E-state index contributed by atoms with van der Waals surface area (Å²) in [5, 5.41) is 8.51. The van der Waals surface area contributed by atoms with Gasteiger partial charge in [0.25, 0.3) is 0 Å². The molecule has 2 heteroatoms. The largest absolute Gasteiger partial charge is 0.396 e. The molecule has 0 bridgehead atoms. The molecular formula is C9H21BO. The van der Waals surface area contributed by atoms with E-state index >= 15 is 0 Å². The van der Waals surface area contributed by atoms with Gasteiger partial charge in [0, 0.05) is 6.61 Å². The van der Waals surface area contributed by atoms with Crippen molar-refractivity contribution in [1.82, 2.24) is 0 Å². The molecule has 1 nitrogen and oxygen atoms in total. The molecule has 0 heterocycles. The Balaban J connectivity index is 2.69. The van der Waals surface area contributed by atoms with Crippen molar-refractivity contribution in [2.24, 2.45) is 0 Å². The molecule has 0 saturated carbocycles. The maximum Gasteiger partial charge on any atom is 0.101 e. The van der Waals surface area contributed by atoms with Crippen LogP contribution in [0, 0.1) is 0 Å². The normalized spacial score (nSPS) is 10.3. The van der Waals surface area contributed by atoms with Gasteiger partial charge in [-0.2, -0.15) is 0 Å². The van der Waals surface area contributed by atoms with Gasteiger partial charge in [-0.15, -0.1) is 0 Å². The maximum atomic E-state index is 8.51. The summed E-state index contributed by atoms with van der Waals surface area (Å²) < 4.78 is 0. The minimum absolute atomic E-state index is 0.370. The molecule has 0 fully saturated rings. The molecule has 0 unspecified atom stereocenters. The molecule has 11 heavy (non-hydrogen) atoms. The van der Waals surface area contributed by atoms with Crippen LogP contribution in [0.25, 0.3) is 0 Å². The third kappa shape index (κ3) is 10.0. The minimum atomic E-state index is 0.370. The van der Waals surface area contributed by atoms with Crippen molar-refractivity contribution < 1.29 is 5.11 Å². The Morgan fingerprint density at radius 2 is 1.18 bits per heavy atom. The second-order valence-corrected chi connectivity index (χ2v) is 3.20. The van der Waals surface area contributed by atoms with Crippen molar-refractivity contribution in [2.45, 2.75) is 51.3 Å². The van der Waals surface area contributed by atoms with E-state index in [1.54, 1.807) is 0 Å². The number of unbranched alkanes of at least 4 members (excludes halogenated alkanes) is 6. The third-order valence-corrected chi connectivity index (χ3v) is 2.01. The molecule has 0 aromatic carbocycles. The molecule has 0 spiro atoms. The zero-order valence-electron chi connectivity index (χ0n) is 7.81. The molecular weight excluding hydrogens is 135 g/mol. The van der Waals surface area contributed by atoms with Crippen LogP contribution in [0.2, 0.25) is 6.32 Å². The molecule has 66 valence electrons. The number of hydrogen-bond donors (Lipinski definition) is 1. The summed E-state index contributed by atoms with van der Waals surface area (Å²) in [6.07, 6.45) is 10.4. The molecule has 0 aromatic heterocycles. The van der Waals surface area contributed by atoms with Gasteiger partial charge in [0.15, 0.2) is 0 Å². The average Bonchev–Trinajstić information content (AvgIpc) is 2.03. The summed E-state index contributed by atoms with van der Waals surface area (Å²) in [4.78, 5) is 0. The summed E-state index contributed by atoms with van der Waals surface area (Å²) in [6, 6.07) is 0. The van der Waals surface area contributed by atoms with E-state index in [0.29, 0.717) is 6.61 Å². The van der Waals surface area contributed by atoms with E-state index in [1.165, 1.54) is 44.8 Å². The van der Waals surface area contributed by atoms with Crippen LogP contribution in [-0.2, 0) is 0 Å². The van der Waals surface area contributed by atoms with Crippen LogP contribution in [-0.4, -0.2) is 19.6 Å². The zero-order chi connectivity index (χ0) is 8.36. The predicted molar refractivity (Wildman–Crippen MR) is 52.8 cm³/mol.